The highest BCUT2D eigenvalue weighted by Gasteiger charge is 2.20. The minimum absolute atomic E-state index is 0.331. The molecule has 2 aromatic rings. The predicted molar refractivity (Wildman–Crippen MR) is 92.6 cm³/mol. The lowest BCUT2D eigenvalue weighted by Gasteiger charge is -2.19. The molecule has 0 amide bonds. The SMILES string of the molecule is Cc1ccc2c(c1)OCCC[C@@H]2NCc1nccn1CC(C)C. The van der Waals surface area contributed by atoms with E-state index >= 15 is 0 Å². The van der Waals surface area contributed by atoms with Gasteiger partial charge in [0.2, 0.25) is 0 Å². The standard InChI is InChI=1S/C19H27N3O/c1-14(2)13-22-9-8-20-19(22)12-21-17-5-4-10-23-18-11-15(3)6-7-16(17)18/h6-9,11,14,17,21H,4-5,10,12-13H2,1-3H3/t17-/m0/s1. The van der Waals surface area contributed by atoms with E-state index in [9.17, 15) is 0 Å². The van der Waals surface area contributed by atoms with Gasteiger partial charge in [-0.3, -0.25) is 0 Å². The molecule has 4 nitrogen and oxygen atoms in total. The Morgan fingerprint density at radius 1 is 1.39 bits per heavy atom. The fraction of sp³-hybridized carbons (Fsp3) is 0.526. The maximum absolute atomic E-state index is 5.91. The number of hydrogen-bond acceptors (Lipinski definition) is 3. The minimum atomic E-state index is 0.331. The van der Waals surface area contributed by atoms with E-state index in [1.807, 2.05) is 6.20 Å². The van der Waals surface area contributed by atoms with Crippen molar-refractivity contribution in [3.05, 3.63) is 47.5 Å². The summed E-state index contributed by atoms with van der Waals surface area (Å²) in [6, 6.07) is 6.85. The molecule has 1 aliphatic heterocycles. The second-order valence-corrected chi connectivity index (χ2v) is 6.86. The Kier molecular flexibility index (Phi) is 5.01. The third-order valence-corrected chi connectivity index (χ3v) is 4.31. The molecule has 23 heavy (non-hydrogen) atoms. The predicted octanol–water partition coefficient (Wildman–Crippen LogP) is 3.85. The van der Waals surface area contributed by atoms with Crippen molar-refractivity contribution in [2.75, 3.05) is 6.61 Å². The Hall–Kier alpha value is -1.81. The van der Waals surface area contributed by atoms with Gasteiger partial charge in [-0.05, 0) is 37.3 Å². The van der Waals surface area contributed by atoms with Gasteiger partial charge in [0.1, 0.15) is 11.6 Å². The molecule has 124 valence electrons. The number of rotatable bonds is 5. The average Bonchev–Trinajstić information content (AvgIpc) is 2.83. The number of imidazole rings is 1. The molecular weight excluding hydrogens is 286 g/mol. The van der Waals surface area contributed by atoms with Gasteiger partial charge in [0, 0.05) is 30.5 Å². The van der Waals surface area contributed by atoms with Crippen LogP contribution in [0.4, 0.5) is 0 Å². The van der Waals surface area contributed by atoms with E-state index < -0.39 is 0 Å². The number of aryl methyl sites for hydroxylation is 1. The van der Waals surface area contributed by atoms with E-state index in [1.165, 1.54) is 11.1 Å². The summed E-state index contributed by atoms with van der Waals surface area (Å²) in [6.45, 7) is 9.19. The Bertz CT molecular complexity index is 648. The molecule has 1 aliphatic rings. The van der Waals surface area contributed by atoms with Gasteiger partial charge in [0.25, 0.3) is 0 Å². The molecular formula is C19H27N3O. The van der Waals surface area contributed by atoms with E-state index in [4.69, 9.17) is 4.74 Å². The second kappa shape index (κ2) is 7.18. The summed E-state index contributed by atoms with van der Waals surface area (Å²) in [5.41, 5.74) is 2.52. The molecule has 1 aromatic heterocycles. The molecule has 3 rings (SSSR count). The van der Waals surface area contributed by atoms with Gasteiger partial charge in [-0.25, -0.2) is 4.98 Å². The topological polar surface area (TPSA) is 39.1 Å². The van der Waals surface area contributed by atoms with E-state index in [1.54, 1.807) is 0 Å². The quantitative estimate of drug-likeness (QED) is 0.911. The van der Waals surface area contributed by atoms with E-state index in [2.05, 4.69) is 60.0 Å². The molecule has 0 radical (unpaired) electrons. The average molecular weight is 313 g/mol. The van der Waals surface area contributed by atoms with Crippen molar-refractivity contribution in [3.63, 3.8) is 0 Å². The van der Waals surface area contributed by atoms with Crippen LogP contribution >= 0.6 is 0 Å². The maximum Gasteiger partial charge on any atom is 0.124 e. The van der Waals surface area contributed by atoms with Gasteiger partial charge in [-0.15, -0.1) is 0 Å². The van der Waals surface area contributed by atoms with Crippen LogP contribution < -0.4 is 10.1 Å². The third kappa shape index (κ3) is 3.94. The molecule has 0 spiro atoms. The molecule has 0 fully saturated rings. The van der Waals surface area contributed by atoms with Crippen LogP contribution in [0.15, 0.2) is 30.6 Å². The zero-order valence-corrected chi connectivity index (χ0v) is 14.4. The number of hydrogen-bond donors (Lipinski definition) is 1. The molecule has 0 aliphatic carbocycles. The maximum atomic E-state index is 5.91. The van der Waals surface area contributed by atoms with Gasteiger partial charge >= 0.3 is 0 Å². The smallest absolute Gasteiger partial charge is 0.124 e. The lowest BCUT2D eigenvalue weighted by atomic mass is 10.0. The van der Waals surface area contributed by atoms with Crippen molar-refractivity contribution < 1.29 is 4.74 Å². The Balaban J connectivity index is 1.72. The van der Waals surface area contributed by atoms with Crippen molar-refractivity contribution in [2.45, 2.75) is 52.7 Å². The fourth-order valence-corrected chi connectivity index (χ4v) is 3.17. The largest absolute Gasteiger partial charge is 0.493 e. The molecule has 0 saturated carbocycles. The molecule has 4 heteroatoms. The molecule has 1 N–H and O–H groups in total. The van der Waals surface area contributed by atoms with E-state index in [0.717, 1.165) is 44.1 Å². The van der Waals surface area contributed by atoms with Crippen LogP contribution in [-0.4, -0.2) is 16.2 Å². The van der Waals surface area contributed by atoms with Crippen molar-refractivity contribution >= 4 is 0 Å². The van der Waals surface area contributed by atoms with Crippen molar-refractivity contribution in [3.8, 4) is 5.75 Å². The summed E-state index contributed by atoms with van der Waals surface area (Å²) in [6.07, 6.45) is 6.14. The molecule has 0 saturated heterocycles. The molecule has 1 atom stereocenters. The lowest BCUT2D eigenvalue weighted by Crippen LogP contribution is -2.23. The number of aromatic nitrogens is 2. The van der Waals surface area contributed by atoms with Crippen molar-refractivity contribution in [1.82, 2.24) is 14.9 Å². The van der Waals surface area contributed by atoms with Crippen LogP contribution in [-0.2, 0) is 13.1 Å². The molecule has 0 bridgehead atoms. The lowest BCUT2D eigenvalue weighted by molar-refractivity contribution is 0.315. The Morgan fingerprint density at radius 2 is 2.26 bits per heavy atom. The van der Waals surface area contributed by atoms with Gasteiger partial charge in [-0.2, -0.15) is 0 Å². The molecule has 2 heterocycles. The van der Waals surface area contributed by atoms with Crippen LogP contribution in [0.25, 0.3) is 0 Å². The Morgan fingerprint density at radius 3 is 3.09 bits per heavy atom. The highest BCUT2D eigenvalue weighted by molar-refractivity contribution is 5.39. The first-order chi connectivity index (χ1) is 11.1. The van der Waals surface area contributed by atoms with E-state index in [0.29, 0.717) is 12.0 Å². The van der Waals surface area contributed by atoms with Gasteiger partial charge in [0.05, 0.1) is 13.2 Å². The zero-order valence-electron chi connectivity index (χ0n) is 14.4. The summed E-state index contributed by atoms with van der Waals surface area (Å²) < 4.78 is 8.16. The first-order valence-corrected chi connectivity index (χ1v) is 8.60. The molecule has 0 unspecified atom stereocenters. The summed E-state index contributed by atoms with van der Waals surface area (Å²) in [4.78, 5) is 4.52. The van der Waals surface area contributed by atoms with Crippen LogP contribution in [0.2, 0.25) is 0 Å². The summed E-state index contributed by atoms with van der Waals surface area (Å²) in [5, 5.41) is 3.69. The Labute approximate surface area is 138 Å². The number of nitrogens with zero attached hydrogens (tertiary/aromatic N) is 2. The monoisotopic (exact) mass is 313 g/mol. The number of benzene rings is 1. The van der Waals surface area contributed by atoms with Crippen molar-refractivity contribution in [2.24, 2.45) is 5.92 Å². The third-order valence-electron chi connectivity index (χ3n) is 4.31. The normalized spacial score (nSPS) is 17.7. The number of fused-ring (bicyclic) bond motifs is 1. The van der Waals surface area contributed by atoms with Crippen LogP contribution in [0.5, 0.6) is 5.75 Å². The summed E-state index contributed by atoms with van der Waals surface area (Å²) in [7, 11) is 0. The van der Waals surface area contributed by atoms with Crippen LogP contribution in [0.1, 0.15) is 49.7 Å². The minimum Gasteiger partial charge on any atom is -0.493 e. The van der Waals surface area contributed by atoms with Gasteiger partial charge in [0.15, 0.2) is 0 Å². The molecule has 1 aromatic carbocycles. The summed E-state index contributed by atoms with van der Waals surface area (Å²) in [5.74, 6) is 2.76. The highest BCUT2D eigenvalue weighted by atomic mass is 16.5. The van der Waals surface area contributed by atoms with Gasteiger partial charge < -0.3 is 14.6 Å². The van der Waals surface area contributed by atoms with Crippen LogP contribution in [0.3, 0.4) is 0 Å². The zero-order chi connectivity index (χ0) is 16.2. The number of ether oxygens (including phenoxy) is 1. The number of nitrogens with one attached hydrogen (secondary N) is 1. The highest BCUT2D eigenvalue weighted by Crippen LogP contribution is 2.32. The van der Waals surface area contributed by atoms with E-state index in [-0.39, 0.29) is 0 Å². The van der Waals surface area contributed by atoms with Gasteiger partial charge in [-0.1, -0.05) is 26.0 Å². The fourth-order valence-electron chi connectivity index (χ4n) is 3.17. The summed E-state index contributed by atoms with van der Waals surface area (Å²) >= 11 is 0. The van der Waals surface area contributed by atoms with Crippen LogP contribution in [0, 0.1) is 12.8 Å². The van der Waals surface area contributed by atoms with Crippen molar-refractivity contribution in [1.29, 1.82) is 0 Å². The first kappa shape index (κ1) is 16.1. The second-order valence-electron chi connectivity index (χ2n) is 6.86. The first-order valence-electron chi connectivity index (χ1n) is 8.60.